The van der Waals surface area contributed by atoms with Crippen LogP contribution in [0.2, 0.25) is 0 Å². The van der Waals surface area contributed by atoms with Crippen molar-refractivity contribution in [3.63, 3.8) is 0 Å². The van der Waals surface area contributed by atoms with Crippen molar-refractivity contribution < 1.29 is 18.7 Å². The predicted octanol–water partition coefficient (Wildman–Crippen LogP) is 1.50. The molecule has 18 heavy (non-hydrogen) atoms. The minimum atomic E-state index is -1.11. The van der Waals surface area contributed by atoms with Crippen LogP contribution < -0.4 is 5.73 Å². The zero-order valence-electron chi connectivity index (χ0n) is 9.10. The molecule has 5 nitrogen and oxygen atoms in total. The summed E-state index contributed by atoms with van der Waals surface area (Å²) >= 11 is 0. The van der Waals surface area contributed by atoms with Crippen molar-refractivity contribution in [2.45, 2.75) is 6.54 Å². The normalized spacial score (nSPS) is 10.6. The number of nitrogens with two attached hydrogens (primary N) is 1. The molecule has 0 radical (unpaired) electrons. The summed E-state index contributed by atoms with van der Waals surface area (Å²) in [5.74, 6) is -2.50. The van der Waals surface area contributed by atoms with Crippen LogP contribution in [0.4, 0.5) is 14.6 Å². The molecule has 3 N–H and O–H groups in total. The summed E-state index contributed by atoms with van der Waals surface area (Å²) in [4.78, 5) is 10.5. The van der Waals surface area contributed by atoms with Crippen molar-refractivity contribution in [3.8, 4) is 11.3 Å². The summed E-state index contributed by atoms with van der Waals surface area (Å²) in [7, 11) is 0. The summed E-state index contributed by atoms with van der Waals surface area (Å²) < 4.78 is 27.3. The number of halogens is 2. The van der Waals surface area contributed by atoms with E-state index in [0.29, 0.717) is 0 Å². The van der Waals surface area contributed by atoms with E-state index >= 15 is 0 Å². The van der Waals surface area contributed by atoms with Gasteiger partial charge in [0, 0.05) is 17.7 Å². The van der Waals surface area contributed by atoms with Gasteiger partial charge in [-0.3, -0.25) is 4.79 Å². The highest BCUT2D eigenvalue weighted by molar-refractivity contribution is 5.68. The Balaban J connectivity index is 2.42. The van der Waals surface area contributed by atoms with E-state index in [-0.39, 0.29) is 17.1 Å². The zero-order chi connectivity index (χ0) is 13.3. The van der Waals surface area contributed by atoms with Crippen LogP contribution in [0.1, 0.15) is 0 Å². The monoisotopic (exact) mass is 253 g/mol. The van der Waals surface area contributed by atoms with Gasteiger partial charge in [-0.25, -0.2) is 13.5 Å². The molecular weight excluding hydrogens is 244 g/mol. The Labute approximate surface area is 100 Å². The quantitative estimate of drug-likeness (QED) is 0.868. The Kier molecular flexibility index (Phi) is 2.97. The second-order valence-corrected chi connectivity index (χ2v) is 3.63. The van der Waals surface area contributed by atoms with E-state index in [0.717, 1.165) is 16.8 Å². The number of rotatable bonds is 3. The molecule has 0 amide bonds. The molecule has 0 bridgehead atoms. The highest BCUT2D eigenvalue weighted by Gasteiger charge is 2.13. The number of nitrogens with zero attached hydrogens (tertiary/aromatic N) is 2. The number of aliphatic carboxylic acids is 1. The van der Waals surface area contributed by atoms with E-state index in [9.17, 15) is 13.6 Å². The third-order valence-electron chi connectivity index (χ3n) is 2.30. The molecule has 0 aliphatic carbocycles. The third kappa shape index (κ3) is 2.29. The Morgan fingerprint density at radius 2 is 2.11 bits per heavy atom. The van der Waals surface area contributed by atoms with Crippen LogP contribution in [-0.2, 0) is 11.3 Å². The number of aromatic nitrogens is 2. The first-order chi connectivity index (χ1) is 8.47. The van der Waals surface area contributed by atoms with Gasteiger partial charge >= 0.3 is 5.97 Å². The molecule has 94 valence electrons. The van der Waals surface area contributed by atoms with Crippen molar-refractivity contribution in [3.05, 3.63) is 35.9 Å². The van der Waals surface area contributed by atoms with Gasteiger partial charge in [0.05, 0.1) is 5.69 Å². The van der Waals surface area contributed by atoms with E-state index in [1.165, 1.54) is 12.1 Å². The largest absolute Gasteiger partial charge is 0.480 e. The molecule has 0 unspecified atom stereocenters. The molecule has 1 aromatic carbocycles. The van der Waals surface area contributed by atoms with Crippen molar-refractivity contribution in [1.82, 2.24) is 9.78 Å². The maximum absolute atomic E-state index is 13.5. The van der Waals surface area contributed by atoms with Gasteiger partial charge in [-0.15, -0.1) is 0 Å². The molecule has 2 rings (SSSR count). The van der Waals surface area contributed by atoms with Crippen LogP contribution in [0.15, 0.2) is 24.3 Å². The van der Waals surface area contributed by atoms with E-state index in [2.05, 4.69) is 5.10 Å². The minimum absolute atomic E-state index is 0.0623. The van der Waals surface area contributed by atoms with Gasteiger partial charge in [-0.1, -0.05) is 0 Å². The first kappa shape index (κ1) is 12.0. The van der Waals surface area contributed by atoms with Crippen molar-refractivity contribution in [2.24, 2.45) is 0 Å². The first-order valence-corrected chi connectivity index (χ1v) is 4.98. The average Bonchev–Trinajstić information content (AvgIpc) is 2.59. The average molecular weight is 253 g/mol. The standard InChI is InChI=1S/C11H9F2N3O2/c12-6-1-2-7(8(13)3-6)9-4-10(14)16(15-9)5-11(17)18/h1-4H,5,14H2,(H,17,18). The second kappa shape index (κ2) is 4.44. The summed E-state index contributed by atoms with van der Waals surface area (Å²) in [5, 5.41) is 12.5. The minimum Gasteiger partial charge on any atom is -0.480 e. The zero-order valence-corrected chi connectivity index (χ0v) is 9.10. The van der Waals surface area contributed by atoms with Gasteiger partial charge in [0.2, 0.25) is 0 Å². The van der Waals surface area contributed by atoms with Crippen molar-refractivity contribution >= 4 is 11.8 Å². The SMILES string of the molecule is Nc1cc(-c2ccc(F)cc2F)nn1CC(=O)O. The molecule has 1 aromatic heterocycles. The van der Waals surface area contributed by atoms with Crippen LogP contribution in [-0.4, -0.2) is 20.9 Å². The molecule has 0 saturated heterocycles. The van der Waals surface area contributed by atoms with Crippen LogP contribution in [0.5, 0.6) is 0 Å². The molecular formula is C11H9F2N3O2. The fourth-order valence-electron chi connectivity index (χ4n) is 1.51. The Hall–Kier alpha value is -2.44. The molecule has 0 spiro atoms. The van der Waals surface area contributed by atoms with Gasteiger partial charge in [0.1, 0.15) is 24.0 Å². The van der Waals surface area contributed by atoms with Crippen LogP contribution in [0.3, 0.4) is 0 Å². The van der Waals surface area contributed by atoms with E-state index in [1.807, 2.05) is 0 Å². The summed E-state index contributed by atoms with van der Waals surface area (Å²) in [6.07, 6.45) is 0. The topological polar surface area (TPSA) is 81.1 Å². The summed E-state index contributed by atoms with van der Waals surface area (Å²) in [6.45, 7) is -0.422. The highest BCUT2D eigenvalue weighted by Crippen LogP contribution is 2.23. The molecule has 0 aliphatic heterocycles. The lowest BCUT2D eigenvalue weighted by Crippen LogP contribution is -2.12. The maximum atomic E-state index is 13.5. The molecule has 1 heterocycles. The van der Waals surface area contributed by atoms with Gasteiger partial charge < -0.3 is 10.8 Å². The predicted molar refractivity (Wildman–Crippen MR) is 59.6 cm³/mol. The number of benzene rings is 1. The number of hydrogen-bond acceptors (Lipinski definition) is 3. The van der Waals surface area contributed by atoms with E-state index in [4.69, 9.17) is 10.8 Å². The second-order valence-electron chi connectivity index (χ2n) is 3.63. The van der Waals surface area contributed by atoms with Gasteiger partial charge in [0.15, 0.2) is 0 Å². The smallest absolute Gasteiger partial charge is 0.325 e. The molecule has 0 saturated carbocycles. The molecule has 0 aliphatic rings. The number of carbonyl (C=O) groups is 1. The van der Waals surface area contributed by atoms with Crippen LogP contribution in [0, 0.1) is 11.6 Å². The van der Waals surface area contributed by atoms with Gasteiger partial charge in [-0.2, -0.15) is 5.10 Å². The Morgan fingerprint density at radius 1 is 1.39 bits per heavy atom. The number of anilines is 1. The number of carboxylic acid groups (broad SMARTS) is 1. The lowest BCUT2D eigenvalue weighted by molar-refractivity contribution is -0.137. The highest BCUT2D eigenvalue weighted by atomic mass is 19.1. The Morgan fingerprint density at radius 3 is 2.72 bits per heavy atom. The lowest BCUT2D eigenvalue weighted by atomic mass is 10.1. The molecule has 0 atom stereocenters. The van der Waals surface area contributed by atoms with Gasteiger partial charge in [0.25, 0.3) is 0 Å². The lowest BCUT2D eigenvalue weighted by Gasteiger charge is -1.99. The number of carboxylic acids is 1. The van der Waals surface area contributed by atoms with Crippen molar-refractivity contribution in [2.75, 3.05) is 5.73 Å². The Bertz CT molecular complexity index is 610. The van der Waals surface area contributed by atoms with E-state index < -0.39 is 24.1 Å². The summed E-state index contributed by atoms with van der Waals surface area (Å²) in [5.41, 5.74) is 5.77. The van der Waals surface area contributed by atoms with Crippen LogP contribution >= 0.6 is 0 Å². The van der Waals surface area contributed by atoms with Crippen molar-refractivity contribution in [1.29, 1.82) is 0 Å². The number of hydrogen-bond donors (Lipinski definition) is 2. The summed E-state index contributed by atoms with van der Waals surface area (Å²) in [6, 6.07) is 4.36. The molecule has 2 aromatic rings. The fraction of sp³-hybridized carbons (Fsp3) is 0.0909. The molecule has 0 fully saturated rings. The van der Waals surface area contributed by atoms with E-state index in [1.54, 1.807) is 0 Å². The third-order valence-corrected chi connectivity index (χ3v) is 2.30. The van der Waals surface area contributed by atoms with Gasteiger partial charge in [-0.05, 0) is 12.1 Å². The molecule has 7 heteroatoms. The maximum Gasteiger partial charge on any atom is 0.325 e. The fourth-order valence-corrected chi connectivity index (χ4v) is 1.51. The first-order valence-electron chi connectivity index (χ1n) is 4.98. The van der Waals surface area contributed by atoms with Crippen LogP contribution in [0.25, 0.3) is 11.3 Å². The number of nitrogen functional groups attached to an aromatic ring is 1.